The van der Waals surface area contributed by atoms with Crippen molar-refractivity contribution in [3.05, 3.63) is 186 Å². The number of esters is 2. The zero-order chi connectivity index (χ0) is 57.5. The summed E-state index contributed by atoms with van der Waals surface area (Å²) in [5, 5.41) is 44.3. The van der Waals surface area contributed by atoms with Crippen LogP contribution in [0.15, 0.2) is 169 Å². The molecule has 0 fully saturated rings. The van der Waals surface area contributed by atoms with Crippen LogP contribution in [-0.2, 0) is 9.47 Å². The average Bonchev–Trinajstić information content (AvgIpc) is 4.25. The monoisotopic (exact) mass is 1350 g/mol. The quantitative estimate of drug-likeness (QED) is 0.0276. The van der Waals surface area contributed by atoms with E-state index in [-0.39, 0.29) is 20.8 Å². The van der Waals surface area contributed by atoms with E-state index >= 15 is 0 Å². The van der Waals surface area contributed by atoms with E-state index in [0.717, 1.165) is 62.9 Å². The van der Waals surface area contributed by atoms with E-state index in [1.54, 1.807) is 82.5 Å². The van der Waals surface area contributed by atoms with Crippen molar-refractivity contribution in [1.82, 2.24) is 0 Å². The Morgan fingerprint density at radius 2 is 0.741 bits per heavy atom. The fourth-order valence-electron chi connectivity index (χ4n) is 6.87. The number of carboxylic acid groups (broad SMARTS) is 1. The minimum Gasteiger partial charge on any atom is -0.494 e. The summed E-state index contributed by atoms with van der Waals surface area (Å²) in [5.41, 5.74) is 5.37. The SMILES string of the molecule is Brc1ccc(Br)s1.C.C.CCCCCCOc1ccc(-c2ccc(-c3ccc(C(=O)O)cc3)s2)cc1.CCCCCCOc1ccc(B(O)O)cc1.COC(=O)c1ccc(-c2ccc(Br)s2)cc1.COC(=O)c1ccc(B(O)O)cc1. The Morgan fingerprint density at radius 3 is 1.07 bits per heavy atom. The molecule has 0 unspecified atom stereocenters. The lowest BCUT2D eigenvalue weighted by Crippen LogP contribution is -2.29. The van der Waals surface area contributed by atoms with Gasteiger partial charge in [-0.15, -0.1) is 34.0 Å². The Hall–Kier alpha value is -5.38. The standard InChI is InChI=1S/C23H24O3S.C12H19BO3.C12H9BrO2S.C8H9BO4.C4H2Br2S.2CH4/c1-2-3-4-5-16-26-20-12-10-18(11-13-20)22-15-14-21(27-22)17-6-8-19(9-7-17)23(24)25;1-2-3-4-5-10-16-12-8-6-11(7-9-12)13(14)15;1-15-12(14)9-4-2-8(3-5-9)10-6-7-11(13)16-10;1-13-8(10)6-2-4-7(5-3-6)9(11)12;5-3-1-2-4(6)7-3;;/h6-15H,2-5,16H2,1H3,(H,24,25);6-9,14-15H,2-5,10H2,1H3;2-7H,1H3;2-5,11-12H,1H3;1-2H;2*1H4. The Labute approximate surface area is 515 Å². The van der Waals surface area contributed by atoms with Crippen molar-refractivity contribution in [2.45, 2.75) is 80.1 Å². The number of rotatable bonds is 20. The second-order valence-electron chi connectivity index (χ2n) is 17.0. The van der Waals surface area contributed by atoms with Crippen LogP contribution in [0.4, 0.5) is 0 Å². The number of carbonyl (C=O) groups excluding carboxylic acids is 2. The molecule has 8 rings (SSSR count). The zero-order valence-electron chi connectivity index (χ0n) is 44.2. The largest absolute Gasteiger partial charge is 0.494 e. The van der Waals surface area contributed by atoms with Gasteiger partial charge in [0.05, 0.1) is 55.5 Å². The minimum atomic E-state index is -1.51. The normalized spacial score (nSPS) is 9.91. The number of benzene rings is 5. The Bertz CT molecular complexity index is 2990. The van der Waals surface area contributed by atoms with E-state index in [0.29, 0.717) is 27.6 Å². The molecule has 0 aliphatic heterocycles. The molecular weight excluding hydrogens is 1280 g/mol. The van der Waals surface area contributed by atoms with Gasteiger partial charge in [0.1, 0.15) is 11.5 Å². The first kappa shape index (κ1) is 71.7. The van der Waals surface area contributed by atoms with E-state index in [9.17, 15) is 14.4 Å². The molecule has 81 heavy (non-hydrogen) atoms. The van der Waals surface area contributed by atoms with Crippen LogP contribution in [-0.4, -0.2) is 84.8 Å². The molecule has 12 nitrogen and oxygen atoms in total. The van der Waals surface area contributed by atoms with E-state index in [1.807, 2.05) is 60.7 Å². The van der Waals surface area contributed by atoms with Crippen molar-refractivity contribution in [3.63, 3.8) is 0 Å². The van der Waals surface area contributed by atoms with Crippen LogP contribution in [0.1, 0.15) is 111 Å². The van der Waals surface area contributed by atoms with E-state index in [4.69, 9.17) is 34.7 Å². The third kappa shape index (κ3) is 26.6. The molecule has 0 atom stereocenters. The van der Waals surface area contributed by atoms with Crippen LogP contribution in [0, 0.1) is 0 Å². The van der Waals surface area contributed by atoms with Gasteiger partial charge in [-0.1, -0.05) is 116 Å². The highest BCUT2D eigenvalue weighted by Gasteiger charge is 2.13. The number of carbonyl (C=O) groups is 3. The fourth-order valence-corrected chi connectivity index (χ4v) is 11.7. The predicted octanol–water partition coefficient (Wildman–Crippen LogP) is 15.7. The summed E-state index contributed by atoms with van der Waals surface area (Å²) in [5.74, 6) is 0.0381. The molecule has 0 aliphatic carbocycles. The lowest BCUT2D eigenvalue weighted by Gasteiger charge is -2.06. The molecule has 0 amide bonds. The minimum absolute atomic E-state index is 0. The van der Waals surface area contributed by atoms with Crippen molar-refractivity contribution in [2.24, 2.45) is 0 Å². The molecule has 5 N–H and O–H groups in total. The Kier molecular flexibility index (Phi) is 35.4. The van der Waals surface area contributed by atoms with Gasteiger partial charge in [0.2, 0.25) is 0 Å². The van der Waals surface area contributed by atoms with Crippen LogP contribution in [0.5, 0.6) is 11.5 Å². The Balaban J connectivity index is 0.000000364. The summed E-state index contributed by atoms with van der Waals surface area (Å²) in [4.78, 5) is 36.6. The van der Waals surface area contributed by atoms with Crippen molar-refractivity contribution in [2.75, 3.05) is 27.4 Å². The molecule has 3 aromatic heterocycles. The van der Waals surface area contributed by atoms with Gasteiger partial charge in [-0.2, -0.15) is 0 Å². The number of ether oxygens (including phenoxy) is 4. The van der Waals surface area contributed by atoms with Crippen LogP contribution in [0.25, 0.3) is 31.3 Å². The second-order valence-corrected chi connectivity index (χ2v) is 24.4. The molecule has 0 spiro atoms. The maximum absolute atomic E-state index is 11.2. The first-order chi connectivity index (χ1) is 38.0. The van der Waals surface area contributed by atoms with Gasteiger partial charge < -0.3 is 44.2 Å². The molecule has 20 heteroatoms. The van der Waals surface area contributed by atoms with Gasteiger partial charge in [-0.05, 0) is 197 Å². The Morgan fingerprint density at radius 1 is 0.420 bits per heavy atom. The van der Waals surface area contributed by atoms with Gasteiger partial charge in [-0.25, -0.2) is 14.4 Å². The van der Waals surface area contributed by atoms with E-state index in [1.165, 1.54) is 94.3 Å². The number of unbranched alkanes of at least 4 members (excludes halogenated alkanes) is 6. The van der Waals surface area contributed by atoms with Gasteiger partial charge in [-0.3, -0.25) is 0 Å². The van der Waals surface area contributed by atoms with Crippen LogP contribution in [0.3, 0.4) is 0 Å². The molecule has 3 heterocycles. The average molecular weight is 1350 g/mol. The van der Waals surface area contributed by atoms with Gasteiger partial charge >= 0.3 is 32.1 Å². The van der Waals surface area contributed by atoms with E-state index < -0.39 is 26.2 Å². The highest BCUT2D eigenvalue weighted by Crippen LogP contribution is 2.36. The summed E-state index contributed by atoms with van der Waals surface area (Å²) in [6, 6.07) is 47.5. The molecule has 0 radical (unpaired) electrons. The summed E-state index contributed by atoms with van der Waals surface area (Å²) >= 11 is 15.1. The lowest BCUT2D eigenvalue weighted by atomic mass is 9.80. The van der Waals surface area contributed by atoms with Crippen LogP contribution in [0.2, 0.25) is 0 Å². The summed E-state index contributed by atoms with van der Waals surface area (Å²) in [6.07, 6.45) is 9.57. The van der Waals surface area contributed by atoms with Gasteiger partial charge in [0.15, 0.2) is 0 Å². The fraction of sp³-hybridized carbons (Fsp3) is 0.262. The summed E-state index contributed by atoms with van der Waals surface area (Å²) < 4.78 is 23.9. The zero-order valence-corrected chi connectivity index (χ0v) is 51.4. The molecule has 0 saturated heterocycles. The molecule has 8 aromatic rings. The number of methoxy groups -OCH3 is 2. The van der Waals surface area contributed by atoms with Gasteiger partial charge in [0, 0.05) is 14.6 Å². The molecule has 432 valence electrons. The number of carboxylic acids is 1. The number of aromatic carboxylic acids is 1. The van der Waals surface area contributed by atoms with Gasteiger partial charge in [0.25, 0.3) is 0 Å². The van der Waals surface area contributed by atoms with Crippen molar-refractivity contribution in [3.8, 4) is 42.8 Å². The maximum Gasteiger partial charge on any atom is 0.488 e. The third-order valence-electron chi connectivity index (χ3n) is 11.2. The molecular formula is C61H71B2Br3O12S3. The topological polar surface area (TPSA) is 189 Å². The summed E-state index contributed by atoms with van der Waals surface area (Å²) in [7, 11) is -0.241. The molecule has 0 saturated carbocycles. The predicted molar refractivity (Wildman–Crippen MR) is 347 cm³/mol. The second kappa shape index (κ2) is 39.9. The van der Waals surface area contributed by atoms with Crippen molar-refractivity contribution < 1.29 is 58.5 Å². The first-order valence-corrected chi connectivity index (χ1v) is 30.0. The van der Waals surface area contributed by atoms with Crippen molar-refractivity contribution in [1.29, 1.82) is 0 Å². The molecule has 5 aromatic carbocycles. The highest BCUT2D eigenvalue weighted by molar-refractivity contribution is 9.12. The first-order valence-electron chi connectivity index (χ1n) is 25.2. The number of hydrogen-bond donors (Lipinski definition) is 5. The number of thiophene rings is 3. The maximum atomic E-state index is 11.2. The van der Waals surface area contributed by atoms with Crippen LogP contribution >= 0.6 is 81.8 Å². The van der Waals surface area contributed by atoms with Crippen LogP contribution < -0.4 is 20.4 Å². The smallest absolute Gasteiger partial charge is 0.488 e. The third-order valence-corrected chi connectivity index (χ3v) is 16.2. The molecule has 0 aliphatic rings. The lowest BCUT2D eigenvalue weighted by molar-refractivity contribution is 0.0592. The highest BCUT2D eigenvalue weighted by atomic mass is 79.9. The summed E-state index contributed by atoms with van der Waals surface area (Å²) in [6.45, 7) is 5.89. The molecule has 0 bridgehead atoms. The van der Waals surface area contributed by atoms with Crippen molar-refractivity contribution >= 4 is 125 Å². The van der Waals surface area contributed by atoms with E-state index in [2.05, 4.69) is 95.4 Å². The number of halogens is 3. The number of hydrogen-bond acceptors (Lipinski definition) is 14.